The highest BCUT2D eigenvalue weighted by Crippen LogP contribution is 2.16. The Balaban J connectivity index is 1.83. The number of carbonyl (C=O) groups excluding carboxylic acids is 1. The van der Waals surface area contributed by atoms with E-state index in [0.29, 0.717) is 5.69 Å². The summed E-state index contributed by atoms with van der Waals surface area (Å²) in [6, 6.07) is 14.3. The average molecular weight is 287 g/mol. The molecule has 0 fully saturated rings. The monoisotopic (exact) mass is 287 g/mol. The zero-order chi connectivity index (χ0) is 15.1. The van der Waals surface area contributed by atoms with Crippen molar-refractivity contribution in [3.05, 3.63) is 54.1 Å². The molecule has 0 radical (unpaired) electrons. The molecule has 21 heavy (non-hydrogen) atoms. The van der Waals surface area contributed by atoms with E-state index in [2.05, 4.69) is 5.32 Å². The number of benzene rings is 2. The number of anilines is 1. The van der Waals surface area contributed by atoms with E-state index in [4.69, 9.17) is 14.2 Å². The molecule has 110 valence electrons. The molecule has 5 heteroatoms. The van der Waals surface area contributed by atoms with Crippen molar-refractivity contribution in [1.82, 2.24) is 0 Å². The smallest absolute Gasteiger partial charge is 0.411 e. The Morgan fingerprint density at radius 2 is 1.43 bits per heavy atom. The molecule has 2 rings (SSSR count). The minimum absolute atomic E-state index is 0.200. The average Bonchev–Trinajstić information content (AvgIpc) is 2.54. The summed E-state index contributed by atoms with van der Waals surface area (Å²) < 4.78 is 15.2. The fraction of sp³-hybridized carbons (Fsp3) is 0.188. The number of nitrogens with one attached hydrogen (secondary N) is 1. The van der Waals surface area contributed by atoms with Crippen LogP contribution in [0.2, 0.25) is 0 Å². The maximum atomic E-state index is 11.7. The maximum Gasteiger partial charge on any atom is 0.411 e. The molecule has 5 nitrogen and oxygen atoms in total. The van der Waals surface area contributed by atoms with Crippen molar-refractivity contribution in [3.63, 3.8) is 0 Å². The highest BCUT2D eigenvalue weighted by Gasteiger charge is 2.04. The second-order valence-electron chi connectivity index (χ2n) is 4.28. The van der Waals surface area contributed by atoms with Crippen LogP contribution in [0.15, 0.2) is 48.5 Å². The second-order valence-corrected chi connectivity index (χ2v) is 4.28. The molecule has 1 amide bonds. The van der Waals surface area contributed by atoms with Gasteiger partial charge < -0.3 is 14.2 Å². The first kappa shape index (κ1) is 14.7. The normalized spacial score (nSPS) is 9.81. The van der Waals surface area contributed by atoms with E-state index >= 15 is 0 Å². The Morgan fingerprint density at radius 3 is 1.95 bits per heavy atom. The summed E-state index contributed by atoms with van der Waals surface area (Å²) in [5.41, 5.74) is 1.54. The number of carbonyl (C=O) groups is 1. The first-order valence-electron chi connectivity index (χ1n) is 6.42. The minimum atomic E-state index is -0.504. The van der Waals surface area contributed by atoms with Gasteiger partial charge in [-0.05, 0) is 42.0 Å². The summed E-state index contributed by atoms with van der Waals surface area (Å²) in [5.74, 6) is 1.49. The van der Waals surface area contributed by atoms with Crippen molar-refractivity contribution in [3.8, 4) is 11.5 Å². The fourth-order valence-electron chi connectivity index (χ4n) is 1.70. The van der Waals surface area contributed by atoms with Crippen LogP contribution in [-0.2, 0) is 11.3 Å². The van der Waals surface area contributed by atoms with Crippen molar-refractivity contribution < 1.29 is 19.0 Å². The van der Waals surface area contributed by atoms with Gasteiger partial charge in [0.2, 0.25) is 0 Å². The van der Waals surface area contributed by atoms with Gasteiger partial charge in [-0.2, -0.15) is 0 Å². The van der Waals surface area contributed by atoms with Crippen molar-refractivity contribution in [2.24, 2.45) is 0 Å². The van der Waals surface area contributed by atoms with Gasteiger partial charge in [0.1, 0.15) is 18.1 Å². The van der Waals surface area contributed by atoms with Crippen LogP contribution in [0.3, 0.4) is 0 Å². The third-order valence-corrected chi connectivity index (χ3v) is 2.87. The standard InChI is InChI=1S/C16H17NO4/c1-19-14-7-3-12(4-8-14)11-21-16(18)17-13-5-9-15(20-2)10-6-13/h3-10H,11H2,1-2H3,(H,17,18). The molecule has 0 aliphatic carbocycles. The third kappa shape index (κ3) is 4.42. The van der Waals surface area contributed by atoms with Crippen molar-refractivity contribution in [1.29, 1.82) is 0 Å². The number of ether oxygens (including phenoxy) is 3. The Bertz CT molecular complexity index is 578. The Morgan fingerprint density at radius 1 is 0.905 bits per heavy atom. The first-order chi connectivity index (χ1) is 10.2. The lowest BCUT2D eigenvalue weighted by atomic mass is 10.2. The number of methoxy groups -OCH3 is 2. The van der Waals surface area contributed by atoms with Crippen molar-refractivity contribution >= 4 is 11.8 Å². The van der Waals surface area contributed by atoms with Crippen LogP contribution in [-0.4, -0.2) is 20.3 Å². The molecule has 0 saturated heterocycles. The Labute approximate surface area is 123 Å². The lowest BCUT2D eigenvalue weighted by molar-refractivity contribution is 0.155. The predicted octanol–water partition coefficient (Wildman–Crippen LogP) is 3.45. The molecule has 0 aromatic heterocycles. The van der Waals surface area contributed by atoms with Crippen molar-refractivity contribution in [2.45, 2.75) is 6.61 Å². The Kier molecular flexibility index (Phi) is 5.04. The van der Waals surface area contributed by atoms with Gasteiger partial charge in [0.25, 0.3) is 0 Å². The largest absolute Gasteiger partial charge is 0.497 e. The zero-order valence-electron chi connectivity index (χ0n) is 12.0. The Hall–Kier alpha value is -2.69. The molecule has 0 bridgehead atoms. The van der Waals surface area contributed by atoms with Gasteiger partial charge in [-0.15, -0.1) is 0 Å². The van der Waals surface area contributed by atoms with E-state index < -0.39 is 6.09 Å². The van der Waals surface area contributed by atoms with Crippen molar-refractivity contribution in [2.75, 3.05) is 19.5 Å². The molecule has 0 heterocycles. The van der Waals surface area contributed by atoms with E-state index in [-0.39, 0.29) is 6.61 Å². The predicted molar refractivity (Wildman–Crippen MR) is 79.8 cm³/mol. The molecular weight excluding hydrogens is 270 g/mol. The summed E-state index contributed by atoms with van der Waals surface area (Å²) in [6.45, 7) is 0.200. The maximum absolute atomic E-state index is 11.7. The molecule has 2 aromatic carbocycles. The molecule has 1 N–H and O–H groups in total. The summed E-state index contributed by atoms with van der Waals surface area (Å²) in [4.78, 5) is 11.7. The van der Waals surface area contributed by atoms with Gasteiger partial charge in [0, 0.05) is 5.69 Å². The molecular formula is C16H17NO4. The lowest BCUT2D eigenvalue weighted by Gasteiger charge is -2.08. The van der Waals surface area contributed by atoms with Crippen LogP contribution < -0.4 is 14.8 Å². The van der Waals surface area contributed by atoms with E-state index in [1.165, 1.54) is 0 Å². The molecule has 2 aromatic rings. The van der Waals surface area contributed by atoms with Gasteiger partial charge in [0.15, 0.2) is 0 Å². The molecule has 0 aliphatic heterocycles. The lowest BCUT2D eigenvalue weighted by Crippen LogP contribution is -2.13. The van der Waals surface area contributed by atoms with Gasteiger partial charge in [-0.25, -0.2) is 4.79 Å². The van der Waals surface area contributed by atoms with Crippen LogP contribution >= 0.6 is 0 Å². The van der Waals surface area contributed by atoms with Crippen LogP contribution in [0.25, 0.3) is 0 Å². The van der Waals surface area contributed by atoms with Gasteiger partial charge in [-0.1, -0.05) is 12.1 Å². The highest BCUT2D eigenvalue weighted by molar-refractivity contribution is 5.84. The number of rotatable bonds is 5. The topological polar surface area (TPSA) is 56.8 Å². The molecule has 0 saturated carbocycles. The minimum Gasteiger partial charge on any atom is -0.497 e. The molecule has 0 unspecified atom stereocenters. The summed E-state index contributed by atoms with van der Waals surface area (Å²) >= 11 is 0. The zero-order valence-corrected chi connectivity index (χ0v) is 12.0. The number of hydrogen-bond donors (Lipinski definition) is 1. The first-order valence-corrected chi connectivity index (χ1v) is 6.42. The SMILES string of the molecule is COc1ccc(COC(=O)Nc2ccc(OC)cc2)cc1. The fourth-order valence-corrected chi connectivity index (χ4v) is 1.70. The van der Waals surface area contributed by atoms with E-state index in [1.54, 1.807) is 38.5 Å². The van der Waals surface area contributed by atoms with E-state index in [0.717, 1.165) is 17.1 Å². The highest BCUT2D eigenvalue weighted by atomic mass is 16.5. The molecule has 0 atom stereocenters. The van der Waals surface area contributed by atoms with Gasteiger partial charge in [0.05, 0.1) is 14.2 Å². The second kappa shape index (κ2) is 7.19. The number of hydrogen-bond acceptors (Lipinski definition) is 4. The number of amides is 1. The summed E-state index contributed by atoms with van der Waals surface area (Å²) in [5, 5.41) is 2.64. The third-order valence-electron chi connectivity index (χ3n) is 2.87. The summed E-state index contributed by atoms with van der Waals surface area (Å²) in [7, 11) is 3.19. The molecule has 0 spiro atoms. The quantitative estimate of drug-likeness (QED) is 0.915. The van der Waals surface area contributed by atoms with Gasteiger partial charge in [-0.3, -0.25) is 5.32 Å². The van der Waals surface area contributed by atoms with E-state index in [1.807, 2.05) is 24.3 Å². The molecule has 0 aliphatic rings. The van der Waals surface area contributed by atoms with E-state index in [9.17, 15) is 4.79 Å². The van der Waals surface area contributed by atoms with Crippen LogP contribution in [0.4, 0.5) is 10.5 Å². The van der Waals surface area contributed by atoms with Crippen LogP contribution in [0.5, 0.6) is 11.5 Å². The van der Waals surface area contributed by atoms with Gasteiger partial charge >= 0.3 is 6.09 Å². The van der Waals surface area contributed by atoms with Crippen LogP contribution in [0.1, 0.15) is 5.56 Å². The van der Waals surface area contributed by atoms with Crippen LogP contribution in [0, 0.1) is 0 Å². The summed E-state index contributed by atoms with van der Waals surface area (Å²) in [6.07, 6.45) is -0.504.